The van der Waals surface area contributed by atoms with Crippen LogP contribution in [0.2, 0.25) is 0 Å². The first-order chi connectivity index (χ1) is 35.1. The molecule has 1 unspecified atom stereocenters. The number of hydrogen-bond acceptors (Lipinski definition) is 18. The van der Waals surface area contributed by atoms with Gasteiger partial charge in [-0.1, -0.05) is 29.4 Å². The highest BCUT2D eigenvalue weighted by Gasteiger charge is 2.55. The van der Waals surface area contributed by atoms with Crippen molar-refractivity contribution >= 4 is 75.6 Å². The van der Waals surface area contributed by atoms with Crippen LogP contribution in [-0.4, -0.2) is 120 Å². The number of amides is 3. The Morgan fingerprint density at radius 1 is 0.947 bits per heavy atom. The molecule has 0 saturated carbocycles. The molecule has 75 heavy (non-hydrogen) atoms. The van der Waals surface area contributed by atoms with Gasteiger partial charge >= 0.3 is 18.0 Å². The smallest absolute Gasteiger partial charge is 0.413 e. The third-order valence-corrected chi connectivity index (χ3v) is 14.0. The fourth-order valence-electron chi connectivity index (χ4n) is 8.22. The number of thiazole rings is 1. The number of nitrogens with one attached hydrogen (secondary N) is 2. The summed E-state index contributed by atoms with van der Waals surface area (Å²) < 4.78 is 22.4. The number of phenols is 2. The molecule has 1 saturated heterocycles. The van der Waals surface area contributed by atoms with Gasteiger partial charge in [0.15, 0.2) is 22.3 Å². The van der Waals surface area contributed by atoms with Crippen molar-refractivity contribution in [2.75, 3.05) is 31.8 Å². The topological polar surface area (TPSA) is 268 Å². The van der Waals surface area contributed by atoms with Gasteiger partial charge in [0.05, 0.1) is 31.2 Å². The molecule has 3 amide bonds. The maximum Gasteiger partial charge on any atom is 0.413 e. The van der Waals surface area contributed by atoms with Crippen molar-refractivity contribution in [3.8, 4) is 17.2 Å². The molecule has 4 aromatic rings. The van der Waals surface area contributed by atoms with E-state index in [1.165, 1.54) is 61.2 Å². The van der Waals surface area contributed by atoms with Crippen molar-refractivity contribution in [2.45, 2.75) is 110 Å². The van der Waals surface area contributed by atoms with Crippen molar-refractivity contribution in [1.29, 1.82) is 0 Å². The summed E-state index contributed by atoms with van der Waals surface area (Å²) in [5.41, 5.74) is -0.604. The van der Waals surface area contributed by atoms with Crippen LogP contribution in [0.3, 0.4) is 0 Å². The van der Waals surface area contributed by atoms with Gasteiger partial charge < -0.3 is 43.8 Å². The summed E-state index contributed by atoms with van der Waals surface area (Å²) in [6, 6.07) is 13.6. The number of aromatic hydroxyl groups is 2. The minimum Gasteiger partial charge on any atom is -0.504 e. The first-order valence-electron chi connectivity index (χ1n) is 23.7. The molecule has 21 nitrogen and oxygen atoms in total. The molecule has 7 rings (SSSR count). The number of nitro groups is 1. The molecule has 3 aliphatic rings. The number of allylic oxidation sites excluding steroid dienone is 1. The second kappa shape index (κ2) is 21.8. The number of phenolic OH excluding ortho intramolecular Hbond substituents is 2. The van der Waals surface area contributed by atoms with Crippen LogP contribution in [0.25, 0.3) is 6.08 Å². The fraction of sp³-hybridized carbons (Fsp3) is 0.404. The molecule has 4 heterocycles. The van der Waals surface area contributed by atoms with E-state index < -0.39 is 68.7 Å². The number of carbonyl (C=O) groups is 5. The number of esters is 2. The number of oxime groups is 1. The number of rotatable bonds is 16. The fourth-order valence-corrected chi connectivity index (χ4v) is 10.2. The summed E-state index contributed by atoms with van der Waals surface area (Å²) in [4.78, 5) is 91.8. The van der Waals surface area contributed by atoms with Crippen LogP contribution in [0.1, 0.15) is 88.9 Å². The summed E-state index contributed by atoms with van der Waals surface area (Å²) in [7, 11) is 3.54. The second-order valence-corrected chi connectivity index (χ2v) is 22.8. The quantitative estimate of drug-likeness (QED) is 0.0124. The average molecular weight is 1070 g/mol. The van der Waals surface area contributed by atoms with Gasteiger partial charge in [0.2, 0.25) is 5.60 Å². The lowest BCUT2D eigenvalue weighted by Gasteiger charge is -2.49. The van der Waals surface area contributed by atoms with Crippen LogP contribution in [0, 0.1) is 10.1 Å². The predicted octanol–water partition coefficient (Wildman–Crippen LogP) is 7.47. The molecular formula is C52H60N7O14S2+. The van der Waals surface area contributed by atoms with Gasteiger partial charge in [0, 0.05) is 34.7 Å². The molecule has 4 N–H and O–H groups in total. The van der Waals surface area contributed by atoms with Gasteiger partial charge in [-0.3, -0.25) is 29.9 Å². The Labute approximate surface area is 441 Å². The number of benzene rings is 3. The lowest BCUT2D eigenvalue weighted by Crippen LogP contribution is -2.71. The number of anilines is 1. The van der Waals surface area contributed by atoms with Crippen LogP contribution >= 0.6 is 23.1 Å². The van der Waals surface area contributed by atoms with Crippen LogP contribution in [0.5, 0.6) is 17.2 Å². The molecule has 0 spiro atoms. The minimum atomic E-state index is -1.72. The van der Waals surface area contributed by atoms with E-state index in [1.807, 2.05) is 7.05 Å². The highest BCUT2D eigenvalue weighted by Crippen LogP contribution is 2.42. The van der Waals surface area contributed by atoms with E-state index in [0.29, 0.717) is 53.0 Å². The second-order valence-electron chi connectivity index (χ2n) is 20.9. The largest absolute Gasteiger partial charge is 0.504 e. The molecule has 1 aromatic heterocycles. The van der Waals surface area contributed by atoms with E-state index >= 15 is 0 Å². The molecule has 3 atom stereocenters. The number of ether oxygens (including phenoxy) is 4. The molecular weight excluding hydrogens is 1010 g/mol. The minimum absolute atomic E-state index is 0.0369. The first-order valence-corrected chi connectivity index (χ1v) is 25.6. The van der Waals surface area contributed by atoms with Gasteiger partial charge in [-0.15, -0.1) is 23.1 Å². The zero-order chi connectivity index (χ0) is 54.8. The number of β-lactam (4-membered cyclic amide) rings is 1. The van der Waals surface area contributed by atoms with Crippen LogP contribution < -0.4 is 15.4 Å². The Morgan fingerprint density at radius 2 is 1.61 bits per heavy atom. The van der Waals surface area contributed by atoms with Gasteiger partial charge in [0.1, 0.15) is 59.5 Å². The van der Waals surface area contributed by atoms with Gasteiger partial charge in [-0.2, -0.15) is 0 Å². The summed E-state index contributed by atoms with van der Waals surface area (Å²) in [5, 5.41) is 42.6. The van der Waals surface area contributed by atoms with Crippen molar-refractivity contribution < 1.29 is 67.4 Å². The van der Waals surface area contributed by atoms with E-state index in [1.54, 1.807) is 90.1 Å². The van der Waals surface area contributed by atoms with Crippen molar-refractivity contribution in [3.63, 3.8) is 0 Å². The molecule has 3 aromatic carbocycles. The van der Waals surface area contributed by atoms with Crippen molar-refractivity contribution in [2.24, 2.45) is 5.16 Å². The molecule has 0 bridgehead atoms. The maximum absolute atomic E-state index is 14.3. The van der Waals surface area contributed by atoms with Crippen LogP contribution in [0.15, 0.2) is 82.5 Å². The normalized spacial score (nSPS) is 18.8. The zero-order valence-electron chi connectivity index (χ0n) is 43.2. The van der Waals surface area contributed by atoms with E-state index in [9.17, 15) is 44.3 Å². The summed E-state index contributed by atoms with van der Waals surface area (Å²) in [6.07, 6.45) is 2.87. The summed E-state index contributed by atoms with van der Waals surface area (Å²) in [5.74, 6) is -3.00. The van der Waals surface area contributed by atoms with Crippen molar-refractivity contribution in [1.82, 2.24) is 15.2 Å². The monoisotopic (exact) mass is 1070 g/mol. The third kappa shape index (κ3) is 13.4. The Hall–Kier alpha value is -7.50. The van der Waals surface area contributed by atoms with Crippen LogP contribution in [-0.2, 0) is 64.3 Å². The number of nitro benzene ring substituents is 1. The summed E-state index contributed by atoms with van der Waals surface area (Å²) in [6.45, 7) is 14.3. The lowest BCUT2D eigenvalue weighted by molar-refractivity contribution is -0.937. The number of aromatic nitrogens is 1. The van der Waals surface area contributed by atoms with Crippen LogP contribution in [0.4, 0.5) is 15.6 Å². The molecule has 23 heteroatoms. The Morgan fingerprint density at radius 3 is 2.27 bits per heavy atom. The first kappa shape index (κ1) is 55.3. The Kier molecular flexibility index (Phi) is 16.0. The third-order valence-electron chi connectivity index (χ3n) is 11.9. The van der Waals surface area contributed by atoms with Gasteiger partial charge in [-0.05, 0) is 108 Å². The number of nitrogens with zero attached hydrogens (tertiary/aromatic N) is 5. The molecule has 3 aliphatic heterocycles. The average Bonchev–Trinajstić information content (AvgIpc) is 3.78. The highest BCUT2D eigenvalue weighted by atomic mass is 32.2. The number of methoxy groups -OCH3 is 1. The molecule has 398 valence electrons. The van der Waals surface area contributed by atoms with Gasteiger partial charge in [-0.25, -0.2) is 19.4 Å². The van der Waals surface area contributed by atoms with E-state index in [0.717, 1.165) is 22.5 Å². The zero-order valence-corrected chi connectivity index (χ0v) is 44.8. The van der Waals surface area contributed by atoms with E-state index in [2.05, 4.69) is 20.8 Å². The maximum atomic E-state index is 14.3. The van der Waals surface area contributed by atoms with Crippen molar-refractivity contribution in [3.05, 3.63) is 121 Å². The molecule has 0 aliphatic carbocycles. The predicted molar refractivity (Wildman–Crippen MR) is 278 cm³/mol. The number of likely N-dealkylation sites (N-methyl/N-ethyl adjacent to an activating group) is 1. The molecule has 1 fully saturated rings. The Balaban J connectivity index is 1.16. The number of carbonyl (C=O) groups excluding carboxylic acids is 5. The van der Waals surface area contributed by atoms with E-state index in [-0.39, 0.29) is 51.6 Å². The number of quaternary nitrogens is 1. The number of hydrogen-bond donors (Lipinski definition) is 4. The lowest BCUT2D eigenvalue weighted by atomic mass is 9.96. The van der Waals surface area contributed by atoms with E-state index in [4.69, 9.17) is 23.8 Å². The Bertz CT molecular complexity index is 3010. The van der Waals surface area contributed by atoms with Gasteiger partial charge in [0.25, 0.3) is 17.5 Å². The SMILES string of the molecule is COc1ccc(COC(=O)C2=C(/C=C\c3ccc(C[N+]4(C)CCc5cc(O)c(O)cc5C4)cc3[N+](=O)[O-])CS[C@@H]3[C@H](NC(=O)/C(=N\OC(C)(C)C(=O)OC(C)(C)C)c4csc(NC(=O)OC(C)(C)C)n4)C(=O)N23)cc1. The number of thioether (sulfide) groups is 1. The summed E-state index contributed by atoms with van der Waals surface area (Å²) >= 11 is 2.16. The number of fused-ring (bicyclic) bond motifs is 2. The highest BCUT2D eigenvalue weighted by molar-refractivity contribution is 8.00. The molecule has 0 radical (unpaired) electrons. The standard InChI is InChI=1S/C52H59N7O14S2/c1-50(2,3)71-47(65)52(7,8)73-56-40(36-28-75-48(53-36)55-49(66)72-51(4,5)6)43(62)54-41-44(63)57-42(46(64)70-26-29-12-17-35(69-10)18-13-29)33(27-74-45(41)57)16-15-31-14-11-30(21-37(31)58(67)68)24-59(9)20-19-32-22-38(60)39(61)23-34(32)25-59/h11-18,21-23,28,41,45H,19-20,24-27H2,1-10H3,(H3-,53,54,55,56,60,61,62,66)/p+1/b16-15-/t41-,45-,59?/m1/s1.